The average molecular weight is 161 g/mol. The Morgan fingerprint density at radius 3 is 2.83 bits per heavy atom. The van der Waals surface area contributed by atoms with Crippen LogP contribution in [0.15, 0.2) is 23.3 Å². The first-order valence-corrected chi connectivity index (χ1v) is 3.09. The maximum absolute atomic E-state index is 12.9. The lowest BCUT2D eigenvalue weighted by molar-refractivity contribution is 0.629. The van der Waals surface area contributed by atoms with Crippen molar-refractivity contribution in [1.82, 2.24) is 0 Å². The number of rotatable bonds is 1. The summed E-state index contributed by atoms with van der Waals surface area (Å²) in [6, 6.07) is 3.99. The fourth-order valence-corrected chi connectivity index (χ4v) is 0.726. The Bertz CT molecular complexity index is 386. The van der Waals surface area contributed by atoms with E-state index < -0.39 is 5.82 Å². The first-order valence-electron chi connectivity index (χ1n) is 3.09. The third kappa shape index (κ3) is 1.54. The molecule has 0 spiro atoms. The second-order valence-electron chi connectivity index (χ2n) is 2.00. The largest absolute Gasteiger partial charge is 0.206 e. The lowest BCUT2D eigenvalue weighted by Gasteiger charge is -1.94. The van der Waals surface area contributed by atoms with E-state index >= 15 is 0 Å². The fourth-order valence-electron chi connectivity index (χ4n) is 0.726. The van der Waals surface area contributed by atoms with Crippen LogP contribution in [0.5, 0.6) is 0 Å². The minimum absolute atomic E-state index is 0.0449. The summed E-state index contributed by atoms with van der Waals surface area (Å²) in [6.07, 6.45) is 5.02. The van der Waals surface area contributed by atoms with Crippen molar-refractivity contribution in [3.8, 4) is 12.3 Å². The third-order valence-corrected chi connectivity index (χ3v) is 1.27. The van der Waals surface area contributed by atoms with Crippen LogP contribution in [-0.2, 0) is 0 Å². The van der Waals surface area contributed by atoms with Gasteiger partial charge in [-0.1, -0.05) is 11.0 Å². The predicted octanol–water partition coefficient (Wildman–Crippen LogP) is 2.75. The summed E-state index contributed by atoms with van der Waals surface area (Å²) < 4.78 is 12.9. The summed E-state index contributed by atoms with van der Waals surface area (Å²) in [5.41, 5.74) is 8.40. The molecule has 0 fully saturated rings. The molecule has 1 aromatic carbocycles. The molecule has 0 aromatic heterocycles. The second-order valence-corrected chi connectivity index (χ2v) is 2.00. The Morgan fingerprint density at radius 1 is 1.58 bits per heavy atom. The van der Waals surface area contributed by atoms with Gasteiger partial charge >= 0.3 is 0 Å². The Morgan fingerprint density at radius 2 is 2.33 bits per heavy atom. The van der Waals surface area contributed by atoms with Crippen LogP contribution in [0.4, 0.5) is 10.1 Å². The molecule has 3 nitrogen and oxygen atoms in total. The van der Waals surface area contributed by atoms with E-state index in [1.165, 1.54) is 12.1 Å². The fraction of sp³-hybridized carbons (Fsp3) is 0. The summed E-state index contributed by atoms with van der Waals surface area (Å²) in [4.78, 5) is 2.46. The summed E-state index contributed by atoms with van der Waals surface area (Å²) in [5.74, 6) is 1.65. The van der Waals surface area contributed by atoms with Crippen LogP contribution in [0, 0.1) is 18.2 Å². The van der Waals surface area contributed by atoms with E-state index in [1.54, 1.807) is 0 Å². The van der Waals surface area contributed by atoms with Gasteiger partial charge in [-0.3, -0.25) is 0 Å². The molecule has 58 valence electrons. The van der Waals surface area contributed by atoms with Crippen molar-refractivity contribution >= 4 is 5.69 Å². The van der Waals surface area contributed by atoms with Crippen molar-refractivity contribution in [2.24, 2.45) is 5.11 Å². The van der Waals surface area contributed by atoms with E-state index in [-0.39, 0.29) is 5.69 Å². The van der Waals surface area contributed by atoms with Crippen LogP contribution >= 0.6 is 0 Å². The molecule has 0 aliphatic heterocycles. The first-order chi connectivity index (χ1) is 5.77. The Hall–Kier alpha value is -1.98. The monoisotopic (exact) mass is 161 g/mol. The number of hydrogen-bond donors (Lipinski definition) is 0. The molecule has 0 unspecified atom stereocenters. The zero-order valence-corrected chi connectivity index (χ0v) is 6.03. The molecule has 0 saturated carbocycles. The molecule has 1 rings (SSSR count). The van der Waals surface area contributed by atoms with Gasteiger partial charge in [0.2, 0.25) is 0 Å². The number of hydrogen-bond acceptors (Lipinski definition) is 1. The van der Waals surface area contributed by atoms with Crippen LogP contribution in [0.2, 0.25) is 0 Å². The van der Waals surface area contributed by atoms with Gasteiger partial charge in [0.25, 0.3) is 0 Å². The molecule has 0 amide bonds. The number of halogens is 1. The molecule has 0 bridgehead atoms. The van der Waals surface area contributed by atoms with Crippen LogP contribution in [0.25, 0.3) is 10.4 Å². The second kappa shape index (κ2) is 3.42. The van der Waals surface area contributed by atoms with Gasteiger partial charge in [0.05, 0.1) is 5.69 Å². The average Bonchev–Trinajstić information content (AvgIpc) is 2.09. The van der Waals surface area contributed by atoms with Gasteiger partial charge in [-0.2, -0.15) is 0 Å². The Labute approximate surface area is 68.5 Å². The van der Waals surface area contributed by atoms with Crippen molar-refractivity contribution in [2.45, 2.75) is 0 Å². The Balaban J connectivity index is 3.22. The summed E-state index contributed by atoms with van der Waals surface area (Å²) >= 11 is 0. The highest BCUT2D eigenvalue weighted by Crippen LogP contribution is 2.18. The van der Waals surface area contributed by atoms with Gasteiger partial charge in [-0.05, 0) is 23.7 Å². The molecule has 0 radical (unpaired) electrons. The zero-order valence-electron chi connectivity index (χ0n) is 6.03. The smallest absolute Gasteiger partial charge is 0.134 e. The van der Waals surface area contributed by atoms with E-state index in [2.05, 4.69) is 15.9 Å². The lowest BCUT2D eigenvalue weighted by Crippen LogP contribution is -1.78. The molecule has 0 N–H and O–H groups in total. The molecule has 0 saturated heterocycles. The SMILES string of the molecule is C#Cc1ccc(N=[N+]=[N-])c(F)c1. The van der Waals surface area contributed by atoms with Gasteiger partial charge in [-0.25, -0.2) is 4.39 Å². The van der Waals surface area contributed by atoms with Crippen molar-refractivity contribution < 1.29 is 4.39 Å². The van der Waals surface area contributed by atoms with E-state index in [1.807, 2.05) is 0 Å². The van der Waals surface area contributed by atoms with Crippen LogP contribution in [0.3, 0.4) is 0 Å². The molecule has 0 atom stereocenters. The third-order valence-electron chi connectivity index (χ3n) is 1.27. The van der Waals surface area contributed by atoms with E-state index in [0.29, 0.717) is 5.56 Å². The highest BCUT2D eigenvalue weighted by atomic mass is 19.1. The van der Waals surface area contributed by atoms with Crippen molar-refractivity contribution in [3.63, 3.8) is 0 Å². The van der Waals surface area contributed by atoms with E-state index in [9.17, 15) is 4.39 Å². The highest BCUT2D eigenvalue weighted by molar-refractivity contribution is 5.44. The minimum atomic E-state index is -0.608. The molecular formula is C8H4FN3. The molecule has 0 aliphatic carbocycles. The quantitative estimate of drug-likeness (QED) is 0.263. The molecule has 0 aliphatic rings. The topological polar surface area (TPSA) is 48.8 Å². The van der Waals surface area contributed by atoms with Gasteiger partial charge in [0.15, 0.2) is 0 Å². The maximum Gasteiger partial charge on any atom is 0.134 e. The van der Waals surface area contributed by atoms with E-state index in [4.69, 9.17) is 12.0 Å². The van der Waals surface area contributed by atoms with Crippen LogP contribution in [-0.4, -0.2) is 0 Å². The predicted molar refractivity (Wildman–Crippen MR) is 43.1 cm³/mol. The number of nitrogens with zero attached hydrogens (tertiary/aromatic N) is 3. The van der Waals surface area contributed by atoms with Crippen LogP contribution in [0.1, 0.15) is 5.56 Å². The first kappa shape index (κ1) is 8.12. The standard InChI is InChI=1S/C8H4FN3/c1-2-6-3-4-8(11-12-10)7(9)5-6/h1,3-5H. The molecule has 0 heterocycles. The van der Waals surface area contributed by atoms with Gasteiger partial charge in [0, 0.05) is 10.5 Å². The summed E-state index contributed by atoms with van der Waals surface area (Å²) in [7, 11) is 0. The van der Waals surface area contributed by atoms with Crippen molar-refractivity contribution in [1.29, 1.82) is 0 Å². The minimum Gasteiger partial charge on any atom is -0.206 e. The molecular weight excluding hydrogens is 157 g/mol. The van der Waals surface area contributed by atoms with Crippen molar-refractivity contribution in [2.75, 3.05) is 0 Å². The number of terminal acetylenes is 1. The van der Waals surface area contributed by atoms with Crippen molar-refractivity contribution in [3.05, 3.63) is 40.0 Å². The van der Waals surface area contributed by atoms with Gasteiger partial charge in [0.1, 0.15) is 5.82 Å². The number of azide groups is 1. The highest BCUT2D eigenvalue weighted by Gasteiger charge is 1.98. The maximum atomic E-state index is 12.9. The molecule has 12 heavy (non-hydrogen) atoms. The molecule has 1 aromatic rings. The summed E-state index contributed by atoms with van der Waals surface area (Å²) in [5, 5.41) is 3.12. The van der Waals surface area contributed by atoms with Gasteiger partial charge in [-0.15, -0.1) is 6.42 Å². The van der Waals surface area contributed by atoms with E-state index in [0.717, 1.165) is 6.07 Å². The normalized spacial score (nSPS) is 8.33. The molecule has 4 heteroatoms. The lowest BCUT2D eigenvalue weighted by atomic mass is 10.2. The zero-order chi connectivity index (χ0) is 8.97. The van der Waals surface area contributed by atoms with Gasteiger partial charge < -0.3 is 0 Å². The summed E-state index contributed by atoms with van der Waals surface area (Å²) in [6.45, 7) is 0. The number of benzene rings is 1. The van der Waals surface area contributed by atoms with Crippen LogP contribution < -0.4 is 0 Å². The Kier molecular flexibility index (Phi) is 2.32.